The SMILES string of the molecule is CC(NCC1CCCCN1)c1cccc(O)c1. The Morgan fingerprint density at radius 3 is 3.06 bits per heavy atom. The van der Waals surface area contributed by atoms with Crippen molar-refractivity contribution in [3.05, 3.63) is 29.8 Å². The molecule has 1 fully saturated rings. The minimum Gasteiger partial charge on any atom is -0.508 e. The van der Waals surface area contributed by atoms with E-state index in [-0.39, 0.29) is 6.04 Å². The van der Waals surface area contributed by atoms with Gasteiger partial charge in [0.25, 0.3) is 0 Å². The molecule has 2 unspecified atom stereocenters. The fraction of sp³-hybridized carbons (Fsp3) is 0.571. The van der Waals surface area contributed by atoms with Crippen LogP contribution in [0.3, 0.4) is 0 Å². The number of nitrogens with one attached hydrogen (secondary N) is 2. The van der Waals surface area contributed by atoms with Crippen LogP contribution >= 0.6 is 0 Å². The number of piperidine rings is 1. The van der Waals surface area contributed by atoms with E-state index in [0.29, 0.717) is 11.8 Å². The number of aromatic hydroxyl groups is 1. The first-order valence-electron chi connectivity index (χ1n) is 6.51. The second kappa shape index (κ2) is 6.03. The molecule has 0 radical (unpaired) electrons. The summed E-state index contributed by atoms with van der Waals surface area (Å²) in [5.74, 6) is 0.340. The third-order valence-corrected chi connectivity index (χ3v) is 3.45. The smallest absolute Gasteiger partial charge is 0.115 e. The number of phenols is 1. The van der Waals surface area contributed by atoms with Crippen molar-refractivity contribution in [1.29, 1.82) is 0 Å². The molecule has 1 aromatic rings. The molecule has 1 aliphatic rings. The molecule has 0 aromatic heterocycles. The van der Waals surface area contributed by atoms with Gasteiger partial charge in [0.2, 0.25) is 0 Å². The molecule has 2 atom stereocenters. The van der Waals surface area contributed by atoms with Crippen molar-refractivity contribution >= 4 is 0 Å². The lowest BCUT2D eigenvalue weighted by atomic mass is 10.0. The van der Waals surface area contributed by atoms with Crippen molar-refractivity contribution in [3.63, 3.8) is 0 Å². The summed E-state index contributed by atoms with van der Waals surface area (Å²) in [6.07, 6.45) is 3.90. The first-order valence-corrected chi connectivity index (χ1v) is 6.51. The van der Waals surface area contributed by atoms with E-state index in [9.17, 15) is 5.11 Å². The van der Waals surface area contributed by atoms with Crippen LogP contribution in [0.4, 0.5) is 0 Å². The lowest BCUT2D eigenvalue weighted by Crippen LogP contribution is -2.42. The van der Waals surface area contributed by atoms with Crippen LogP contribution in [0.15, 0.2) is 24.3 Å². The molecular weight excluding hydrogens is 212 g/mol. The van der Waals surface area contributed by atoms with Crippen LogP contribution in [0.1, 0.15) is 37.8 Å². The maximum absolute atomic E-state index is 9.44. The van der Waals surface area contributed by atoms with Gasteiger partial charge in [0.15, 0.2) is 0 Å². The monoisotopic (exact) mass is 234 g/mol. The van der Waals surface area contributed by atoms with E-state index < -0.39 is 0 Å². The number of hydrogen-bond acceptors (Lipinski definition) is 3. The maximum Gasteiger partial charge on any atom is 0.115 e. The third-order valence-electron chi connectivity index (χ3n) is 3.45. The van der Waals surface area contributed by atoms with Crippen LogP contribution in [0, 0.1) is 0 Å². The Kier molecular flexibility index (Phi) is 4.40. The molecule has 3 heteroatoms. The van der Waals surface area contributed by atoms with Gasteiger partial charge in [-0.3, -0.25) is 0 Å². The van der Waals surface area contributed by atoms with Crippen molar-refractivity contribution in [2.75, 3.05) is 13.1 Å². The summed E-state index contributed by atoms with van der Waals surface area (Å²) < 4.78 is 0. The lowest BCUT2D eigenvalue weighted by Gasteiger charge is -2.25. The Labute approximate surface area is 103 Å². The molecule has 1 aromatic carbocycles. The molecule has 1 heterocycles. The Balaban J connectivity index is 1.82. The third kappa shape index (κ3) is 3.72. The molecule has 0 amide bonds. The van der Waals surface area contributed by atoms with Crippen molar-refractivity contribution in [2.45, 2.75) is 38.3 Å². The summed E-state index contributed by atoms with van der Waals surface area (Å²) in [7, 11) is 0. The van der Waals surface area contributed by atoms with Crippen LogP contribution in [-0.4, -0.2) is 24.2 Å². The zero-order valence-electron chi connectivity index (χ0n) is 10.4. The molecule has 0 saturated carbocycles. The molecule has 0 bridgehead atoms. The highest BCUT2D eigenvalue weighted by Crippen LogP contribution is 2.18. The average Bonchev–Trinajstić information content (AvgIpc) is 2.37. The van der Waals surface area contributed by atoms with E-state index in [4.69, 9.17) is 0 Å². The molecular formula is C14H22N2O. The van der Waals surface area contributed by atoms with Gasteiger partial charge in [-0.1, -0.05) is 18.6 Å². The summed E-state index contributed by atoms with van der Waals surface area (Å²) >= 11 is 0. The molecule has 1 saturated heterocycles. The van der Waals surface area contributed by atoms with E-state index in [0.717, 1.165) is 18.7 Å². The topological polar surface area (TPSA) is 44.3 Å². The lowest BCUT2D eigenvalue weighted by molar-refractivity contribution is 0.371. The molecule has 1 aliphatic heterocycles. The van der Waals surface area contributed by atoms with E-state index in [2.05, 4.69) is 17.6 Å². The highest BCUT2D eigenvalue weighted by atomic mass is 16.3. The zero-order valence-corrected chi connectivity index (χ0v) is 10.4. The first-order chi connectivity index (χ1) is 8.25. The molecule has 3 nitrogen and oxygen atoms in total. The molecule has 94 valence electrons. The standard InChI is InChI=1S/C14H22N2O/c1-11(12-5-4-7-14(17)9-12)16-10-13-6-2-3-8-15-13/h4-5,7,9,11,13,15-17H,2-3,6,8,10H2,1H3. The van der Waals surface area contributed by atoms with Crippen LogP contribution < -0.4 is 10.6 Å². The fourth-order valence-corrected chi connectivity index (χ4v) is 2.33. The van der Waals surface area contributed by atoms with Gasteiger partial charge in [0.1, 0.15) is 5.75 Å². The van der Waals surface area contributed by atoms with Gasteiger partial charge in [-0.25, -0.2) is 0 Å². The molecule has 3 N–H and O–H groups in total. The number of phenolic OH excluding ortho intramolecular Hbond substituents is 1. The maximum atomic E-state index is 9.44. The van der Waals surface area contributed by atoms with Crippen molar-refractivity contribution in [2.24, 2.45) is 0 Å². The van der Waals surface area contributed by atoms with Gasteiger partial charge in [-0.05, 0) is 44.0 Å². The normalized spacial score (nSPS) is 22.3. The largest absolute Gasteiger partial charge is 0.508 e. The summed E-state index contributed by atoms with van der Waals surface area (Å²) in [5, 5.41) is 16.5. The highest BCUT2D eigenvalue weighted by molar-refractivity contribution is 5.29. The predicted octanol–water partition coefficient (Wildman–Crippen LogP) is 2.18. The van der Waals surface area contributed by atoms with Gasteiger partial charge < -0.3 is 15.7 Å². The van der Waals surface area contributed by atoms with Gasteiger partial charge >= 0.3 is 0 Å². The van der Waals surface area contributed by atoms with Crippen molar-refractivity contribution in [3.8, 4) is 5.75 Å². The van der Waals surface area contributed by atoms with Crippen molar-refractivity contribution in [1.82, 2.24) is 10.6 Å². The minimum absolute atomic E-state index is 0.283. The Morgan fingerprint density at radius 1 is 1.47 bits per heavy atom. The van der Waals surface area contributed by atoms with Crippen LogP contribution in [0.5, 0.6) is 5.75 Å². The summed E-state index contributed by atoms with van der Waals surface area (Å²) in [4.78, 5) is 0. The van der Waals surface area contributed by atoms with Crippen LogP contribution in [-0.2, 0) is 0 Å². The molecule has 2 rings (SSSR count). The number of benzene rings is 1. The van der Waals surface area contributed by atoms with Gasteiger partial charge in [-0.15, -0.1) is 0 Å². The number of hydrogen-bond donors (Lipinski definition) is 3. The highest BCUT2D eigenvalue weighted by Gasteiger charge is 2.13. The van der Waals surface area contributed by atoms with Gasteiger partial charge in [0, 0.05) is 18.6 Å². The summed E-state index contributed by atoms with van der Waals surface area (Å²) in [6.45, 7) is 4.28. The Morgan fingerprint density at radius 2 is 2.35 bits per heavy atom. The Hall–Kier alpha value is -1.06. The summed E-state index contributed by atoms with van der Waals surface area (Å²) in [5.41, 5.74) is 1.14. The second-order valence-corrected chi connectivity index (χ2v) is 4.87. The molecule has 17 heavy (non-hydrogen) atoms. The van der Waals surface area contributed by atoms with E-state index in [1.165, 1.54) is 19.3 Å². The zero-order chi connectivity index (χ0) is 12.1. The Bertz CT molecular complexity index is 348. The molecule has 0 aliphatic carbocycles. The number of rotatable bonds is 4. The fourth-order valence-electron chi connectivity index (χ4n) is 2.33. The van der Waals surface area contributed by atoms with Gasteiger partial charge in [0.05, 0.1) is 0 Å². The van der Waals surface area contributed by atoms with Gasteiger partial charge in [-0.2, -0.15) is 0 Å². The predicted molar refractivity (Wildman–Crippen MR) is 70.2 cm³/mol. The summed E-state index contributed by atoms with van der Waals surface area (Å²) in [6, 6.07) is 8.35. The average molecular weight is 234 g/mol. The van der Waals surface area contributed by atoms with Crippen molar-refractivity contribution < 1.29 is 5.11 Å². The first kappa shape index (κ1) is 12.4. The van der Waals surface area contributed by atoms with E-state index in [1.54, 1.807) is 6.07 Å². The van der Waals surface area contributed by atoms with E-state index >= 15 is 0 Å². The quantitative estimate of drug-likeness (QED) is 0.748. The minimum atomic E-state index is 0.283. The second-order valence-electron chi connectivity index (χ2n) is 4.87. The molecule has 0 spiro atoms. The van der Waals surface area contributed by atoms with Crippen LogP contribution in [0.25, 0.3) is 0 Å². The van der Waals surface area contributed by atoms with Crippen LogP contribution in [0.2, 0.25) is 0 Å². The van der Waals surface area contributed by atoms with E-state index in [1.807, 2.05) is 18.2 Å².